The number of aryl methyl sites for hydroxylation is 1. The molecule has 0 radical (unpaired) electrons. The average molecular weight is 487 g/mol. The molecular formula is C25H34N4O4S. The van der Waals surface area contributed by atoms with Gasteiger partial charge in [0.2, 0.25) is 17.7 Å². The number of nitrogens with one attached hydrogen (secondary N) is 2. The number of hydrogen-bond acceptors (Lipinski definition) is 6. The number of β-amino-alcohol motifs (C(OH)–C–C–N with tert-alkyl or cyclic N) is 1. The molecule has 1 aromatic carbocycles. The maximum absolute atomic E-state index is 13.4. The average Bonchev–Trinajstić information content (AvgIpc) is 3.40. The minimum Gasteiger partial charge on any atom is -0.391 e. The summed E-state index contributed by atoms with van der Waals surface area (Å²) in [6, 6.07) is 6.34. The zero-order chi connectivity index (χ0) is 25.0. The number of likely N-dealkylation sites (tertiary alicyclic amines) is 1. The van der Waals surface area contributed by atoms with Gasteiger partial charge in [0.15, 0.2) is 0 Å². The Morgan fingerprint density at radius 3 is 2.47 bits per heavy atom. The first-order valence-electron chi connectivity index (χ1n) is 11.6. The van der Waals surface area contributed by atoms with Crippen molar-refractivity contribution in [2.75, 3.05) is 6.54 Å². The molecule has 3 atom stereocenters. The second-order valence-corrected chi connectivity index (χ2v) is 10.7. The normalized spacial score (nSPS) is 19.1. The van der Waals surface area contributed by atoms with Crippen molar-refractivity contribution < 1.29 is 19.5 Å². The van der Waals surface area contributed by atoms with Crippen LogP contribution >= 0.6 is 11.3 Å². The summed E-state index contributed by atoms with van der Waals surface area (Å²) in [5, 5.41) is 15.9. The second kappa shape index (κ2) is 10.7. The van der Waals surface area contributed by atoms with Crippen LogP contribution in [0.2, 0.25) is 0 Å². The van der Waals surface area contributed by atoms with Crippen LogP contribution in [0.3, 0.4) is 0 Å². The number of rotatable bonds is 7. The molecule has 0 bridgehead atoms. The third-order valence-electron chi connectivity index (χ3n) is 6.03. The molecule has 184 valence electrons. The molecule has 0 aliphatic carbocycles. The topological polar surface area (TPSA) is 112 Å². The summed E-state index contributed by atoms with van der Waals surface area (Å²) in [5.74, 6) is -0.900. The number of benzene rings is 1. The van der Waals surface area contributed by atoms with Crippen molar-refractivity contribution in [3.63, 3.8) is 0 Å². The molecule has 3 amide bonds. The number of aliphatic hydroxyl groups excluding tert-OH is 1. The Bertz CT molecular complexity index is 1030. The Labute approximate surface area is 204 Å². The molecular weight excluding hydrogens is 452 g/mol. The van der Waals surface area contributed by atoms with Crippen LogP contribution in [0.4, 0.5) is 0 Å². The summed E-state index contributed by atoms with van der Waals surface area (Å²) < 4.78 is 0. The summed E-state index contributed by atoms with van der Waals surface area (Å²) in [6.07, 6.45) is -0.364. The standard InChI is InChI=1S/C25H34N4O4S/c1-6-20(31)28-22(25(3,4)5)24(33)29-13-18(30)11-19(29)23(32)26-12-16-7-9-17(10-8-16)21-15(2)27-14-34-21/h7-10,14,18-19,22,30H,6,11-13H2,1-5H3,(H,26,32)(H,28,31)/t18-,19-,22+/m1/s1. The third kappa shape index (κ3) is 6.01. The smallest absolute Gasteiger partial charge is 0.246 e. The predicted octanol–water partition coefficient (Wildman–Crippen LogP) is 2.64. The fraction of sp³-hybridized carbons (Fsp3) is 0.520. The fourth-order valence-electron chi connectivity index (χ4n) is 4.04. The summed E-state index contributed by atoms with van der Waals surface area (Å²) in [6.45, 7) is 9.67. The van der Waals surface area contributed by atoms with Crippen LogP contribution in [0.15, 0.2) is 29.8 Å². The lowest BCUT2D eigenvalue weighted by Gasteiger charge is -2.35. The van der Waals surface area contributed by atoms with Gasteiger partial charge in [0.25, 0.3) is 0 Å². The van der Waals surface area contributed by atoms with E-state index in [9.17, 15) is 19.5 Å². The number of thiazole rings is 1. The number of carbonyl (C=O) groups is 3. The van der Waals surface area contributed by atoms with E-state index in [1.165, 1.54) is 4.90 Å². The van der Waals surface area contributed by atoms with Gasteiger partial charge in [-0.05, 0) is 23.5 Å². The molecule has 3 N–H and O–H groups in total. The van der Waals surface area contributed by atoms with Gasteiger partial charge in [0.1, 0.15) is 12.1 Å². The Hall–Kier alpha value is -2.78. The van der Waals surface area contributed by atoms with Gasteiger partial charge in [-0.2, -0.15) is 0 Å². The highest BCUT2D eigenvalue weighted by Crippen LogP contribution is 2.28. The third-order valence-corrected chi connectivity index (χ3v) is 7.01. The summed E-state index contributed by atoms with van der Waals surface area (Å²) in [4.78, 5) is 45.2. The predicted molar refractivity (Wildman–Crippen MR) is 132 cm³/mol. The van der Waals surface area contributed by atoms with Crippen molar-refractivity contribution in [2.45, 2.75) is 72.2 Å². The minimum atomic E-state index is -0.789. The maximum atomic E-state index is 13.4. The monoisotopic (exact) mass is 486 g/mol. The number of carbonyl (C=O) groups excluding carboxylic acids is 3. The lowest BCUT2D eigenvalue weighted by Crippen LogP contribution is -2.57. The van der Waals surface area contributed by atoms with E-state index >= 15 is 0 Å². The number of nitrogens with zero attached hydrogens (tertiary/aromatic N) is 2. The molecule has 34 heavy (non-hydrogen) atoms. The van der Waals surface area contributed by atoms with Gasteiger partial charge in [0, 0.05) is 25.9 Å². The molecule has 0 spiro atoms. The van der Waals surface area contributed by atoms with E-state index in [4.69, 9.17) is 0 Å². The summed E-state index contributed by atoms with van der Waals surface area (Å²) >= 11 is 1.59. The van der Waals surface area contributed by atoms with E-state index in [0.717, 1.165) is 21.7 Å². The van der Waals surface area contributed by atoms with Gasteiger partial charge in [-0.3, -0.25) is 14.4 Å². The van der Waals surface area contributed by atoms with Gasteiger partial charge >= 0.3 is 0 Å². The Kier molecular flexibility index (Phi) is 8.09. The van der Waals surface area contributed by atoms with E-state index in [2.05, 4.69) is 15.6 Å². The van der Waals surface area contributed by atoms with Gasteiger partial charge in [-0.15, -0.1) is 11.3 Å². The van der Waals surface area contributed by atoms with Crippen molar-refractivity contribution in [1.82, 2.24) is 20.5 Å². The Balaban J connectivity index is 1.67. The summed E-state index contributed by atoms with van der Waals surface area (Å²) in [7, 11) is 0. The highest BCUT2D eigenvalue weighted by atomic mass is 32.1. The van der Waals surface area contributed by atoms with E-state index < -0.39 is 23.6 Å². The summed E-state index contributed by atoms with van der Waals surface area (Å²) in [5.41, 5.74) is 4.26. The molecule has 0 saturated carbocycles. The zero-order valence-electron chi connectivity index (χ0n) is 20.4. The van der Waals surface area contributed by atoms with Crippen molar-refractivity contribution in [2.24, 2.45) is 5.41 Å². The number of aromatic nitrogens is 1. The van der Waals surface area contributed by atoms with Crippen LogP contribution in [-0.2, 0) is 20.9 Å². The second-order valence-electron chi connectivity index (χ2n) is 9.80. The minimum absolute atomic E-state index is 0.0639. The first-order valence-corrected chi connectivity index (χ1v) is 12.4. The first kappa shape index (κ1) is 25.8. The molecule has 0 unspecified atom stereocenters. The first-order chi connectivity index (χ1) is 16.0. The van der Waals surface area contributed by atoms with Gasteiger partial charge in [-0.1, -0.05) is 52.0 Å². The van der Waals surface area contributed by atoms with E-state index in [1.807, 2.05) is 57.5 Å². The lowest BCUT2D eigenvalue weighted by molar-refractivity contribution is -0.144. The molecule has 1 aliphatic heterocycles. The molecule has 9 heteroatoms. The van der Waals surface area contributed by atoms with Crippen LogP contribution in [0.25, 0.3) is 10.4 Å². The van der Waals surface area contributed by atoms with Crippen molar-refractivity contribution in [1.29, 1.82) is 0 Å². The molecule has 2 heterocycles. The molecule has 1 saturated heterocycles. The number of amides is 3. The quantitative estimate of drug-likeness (QED) is 0.557. The molecule has 3 rings (SSSR count). The SMILES string of the molecule is CCC(=O)N[C@@H](C(=O)N1C[C@H](O)C[C@@H]1C(=O)NCc1ccc(-c2scnc2C)cc1)C(C)(C)C. The van der Waals surface area contributed by atoms with Crippen LogP contribution in [0, 0.1) is 12.3 Å². The van der Waals surface area contributed by atoms with Crippen molar-refractivity contribution in [3.8, 4) is 10.4 Å². The van der Waals surface area contributed by atoms with Crippen molar-refractivity contribution >= 4 is 29.1 Å². The fourth-order valence-corrected chi connectivity index (χ4v) is 4.86. The molecule has 8 nitrogen and oxygen atoms in total. The lowest BCUT2D eigenvalue weighted by atomic mass is 9.85. The zero-order valence-corrected chi connectivity index (χ0v) is 21.2. The van der Waals surface area contributed by atoms with E-state index in [0.29, 0.717) is 6.54 Å². The van der Waals surface area contributed by atoms with Gasteiger partial charge in [0.05, 0.1) is 22.2 Å². The molecule has 1 fully saturated rings. The maximum Gasteiger partial charge on any atom is 0.246 e. The molecule has 1 aromatic heterocycles. The van der Waals surface area contributed by atoms with E-state index in [-0.39, 0.29) is 37.1 Å². The van der Waals surface area contributed by atoms with Crippen LogP contribution < -0.4 is 10.6 Å². The van der Waals surface area contributed by atoms with Gasteiger partial charge < -0.3 is 20.6 Å². The molecule has 2 aromatic rings. The highest BCUT2D eigenvalue weighted by molar-refractivity contribution is 7.13. The Morgan fingerprint density at radius 1 is 1.24 bits per heavy atom. The highest BCUT2D eigenvalue weighted by Gasteiger charge is 2.44. The Morgan fingerprint density at radius 2 is 1.91 bits per heavy atom. The largest absolute Gasteiger partial charge is 0.391 e. The molecule has 1 aliphatic rings. The van der Waals surface area contributed by atoms with E-state index in [1.54, 1.807) is 18.3 Å². The van der Waals surface area contributed by atoms with Crippen LogP contribution in [0.5, 0.6) is 0 Å². The van der Waals surface area contributed by atoms with Crippen LogP contribution in [0.1, 0.15) is 51.8 Å². The van der Waals surface area contributed by atoms with Crippen LogP contribution in [-0.4, -0.2) is 57.4 Å². The number of hydrogen-bond donors (Lipinski definition) is 3. The van der Waals surface area contributed by atoms with Gasteiger partial charge in [-0.25, -0.2) is 4.98 Å². The number of aliphatic hydroxyl groups is 1. The van der Waals surface area contributed by atoms with Crippen molar-refractivity contribution in [3.05, 3.63) is 41.0 Å².